The predicted molar refractivity (Wildman–Crippen MR) is 91.5 cm³/mol. The molecule has 0 spiro atoms. The average Bonchev–Trinajstić information content (AvgIpc) is 2.48. The maximum Gasteiger partial charge on any atom is 0.0474 e. The third-order valence-electron chi connectivity index (χ3n) is 3.33. The van der Waals surface area contributed by atoms with Crippen molar-refractivity contribution in [2.24, 2.45) is 0 Å². The van der Waals surface area contributed by atoms with Crippen LogP contribution < -0.4 is 0 Å². The molecule has 0 N–H and O–H groups in total. The molecule has 0 heterocycles. The molecule has 0 radical (unpaired) electrons. The van der Waals surface area contributed by atoms with E-state index in [1.54, 1.807) is 0 Å². The summed E-state index contributed by atoms with van der Waals surface area (Å²) in [6.07, 6.45) is 0. The number of thioether (sulfide) groups is 1. The Balaban J connectivity index is 1.86. The van der Waals surface area contributed by atoms with E-state index >= 15 is 0 Å². The number of alkyl halides is 1. The second-order valence-electron chi connectivity index (χ2n) is 5.34. The Morgan fingerprint density at radius 2 is 1.55 bits per heavy atom. The molecule has 106 valence electrons. The maximum absolute atomic E-state index is 5.86. The summed E-state index contributed by atoms with van der Waals surface area (Å²) in [6.45, 7) is 4.46. The van der Waals surface area contributed by atoms with Gasteiger partial charge in [0.15, 0.2) is 0 Å². The van der Waals surface area contributed by atoms with Crippen molar-refractivity contribution in [1.82, 2.24) is 0 Å². The number of hydrogen-bond donors (Lipinski definition) is 0. The van der Waals surface area contributed by atoms with Crippen molar-refractivity contribution in [2.75, 3.05) is 0 Å². The molecule has 2 heteroatoms. The highest BCUT2D eigenvalue weighted by Crippen LogP contribution is 2.21. The molecular formula is C18H21ClS. The molecule has 0 aliphatic rings. The molecule has 2 aromatic carbocycles. The van der Waals surface area contributed by atoms with Crippen LogP contribution in [-0.4, -0.2) is 0 Å². The van der Waals surface area contributed by atoms with E-state index in [0.717, 1.165) is 11.5 Å². The summed E-state index contributed by atoms with van der Waals surface area (Å²) in [6, 6.07) is 17.5. The van der Waals surface area contributed by atoms with Crippen LogP contribution in [0.15, 0.2) is 48.5 Å². The van der Waals surface area contributed by atoms with E-state index in [9.17, 15) is 0 Å². The van der Waals surface area contributed by atoms with Crippen LogP contribution in [0.4, 0.5) is 0 Å². The standard InChI is InChI=1S/C18H21ClS/c1-14(2)18-8-6-15(7-9-18)12-20-13-17-5-3-4-16(10-17)11-19/h3-10,14H,11-13H2,1-2H3. The van der Waals surface area contributed by atoms with Gasteiger partial charge in [-0.3, -0.25) is 0 Å². The summed E-state index contributed by atoms with van der Waals surface area (Å²) in [5, 5.41) is 0. The average molecular weight is 305 g/mol. The van der Waals surface area contributed by atoms with Crippen LogP contribution in [0.5, 0.6) is 0 Å². The first kappa shape index (κ1) is 15.5. The summed E-state index contributed by atoms with van der Waals surface area (Å²) in [7, 11) is 0. The third kappa shape index (κ3) is 4.57. The minimum Gasteiger partial charge on any atom is -0.152 e. The monoisotopic (exact) mass is 304 g/mol. The van der Waals surface area contributed by atoms with Crippen molar-refractivity contribution in [2.45, 2.75) is 37.2 Å². The highest BCUT2D eigenvalue weighted by Gasteiger charge is 2.00. The number of rotatable bonds is 6. The van der Waals surface area contributed by atoms with Gasteiger partial charge in [-0.05, 0) is 28.2 Å². The fourth-order valence-corrected chi connectivity index (χ4v) is 3.20. The van der Waals surface area contributed by atoms with Gasteiger partial charge >= 0.3 is 0 Å². The van der Waals surface area contributed by atoms with Gasteiger partial charge in [-0.2, -0.15) is 11.8 Å². The van der Waals surface area contributed by atoms with Crippen LogP contribution in [0, 0.1) is 0 Å². The molecular weight excluding hydrogens is 284 g/mol. The fourth-order valence-electron chi connectivity index (χ4n) is 2.09. The molecule has 0 aliphatic carbocycles. The quantitative estimate of drug-likeness (QED) is 0.591. The topological polar surface area (TPSA) is 0 Å². The lowest BCUT2D eigenvalue weighted by atomic mass is 10.0. The van der Waals surface area contributed by atoms with Crippen LogP contribution in [0.3, 0.4) is 0 Å². The van der Waals surface area contributed by atoms with E-state index in [-0.39, 0.29) is 0 Å². The summed E-state index contributed by atoms with van der Waals surface area (Å²) in [5.41, 5.74) is 5.36. The lowest BCUT2D eigenvalue weighted by Gasteiger charge is -2.07. The van der Waals surface area contributed by atoms with Crippen molar-refractivity contribution in [3.05, 3.63) is 70.8 Å². The lowest BCUT2D eigenvalue weighted by molar-refractivity contribution is 0.866. The Labute approximate surface area is 131 Å². The molecule has 20 heavy (non-hydrogen) atoms. The van der Waals surface area contributed by atoms with Crippen molar-refractivity contribution in [3.63, 3.8) is 0 Å². The van der Waals surface area contributed by atoms with E-state index in [1.807, 2.05) is 11.8 Å². The molecule has 0 saturated carbocycles. The maximum atomic E-state index is 5.86. The first-order valence-electron chi connectivity index (χ1n) is 6.99. The van der Waals surface area contributed by atoms with Crippen molar-refractivity contribution in [1.29, 1.82) is 0 Å². The van der Waals surface area contributed by atoms with E-state index < -0.39 is 0 Å². The molecule has 0 aliphatic heterocycles. The molecule has 0 amide bonds. The van der Waals surface area contributed by atoms with Crippen molar-refractivity contribution in [3.8, 4) is 0 Å². The zero-order chi connectivity index (χ0) is 14.4. The number of hydrogen-bond acceptors (Lipinski definition) is 1. The highest BCUT2D eigenvalue weighted by atomic mass is 35.5. The number of benzene rings is 2. The van der Waals surface area contributed by atoms with Gasteiger partial charge in [0.1, 0.15) is 0 Å². The first-order valence-corrected chi connectivity index (χ1v) is 8.68. The zero-order valence-electron chi connectivity index (χ0n) is 12.1. The van der Waals surface area contributed by atoms with Crippen LogP contribution >= 0.6 is 23.4 Å². The summed E-state index contributed by atoms with van der Waals surface area (Å²) < 4.78 is 0. The van der Waals surface area contributed by atoms with Gasteiger partial charge in [0.05, 0.1) is 0 Å². The Hall–Kier alpha value is -0.920. The third-order valence-corrected chi connectivity index (χ3v) is 4.71. The largest absolute Gasteiger partial charge is 0.152 e. The van der Waals surface area contributed by atoms with Crippen molar-refractivity contribution < 1.29 is 0 Å². The van der Waals surface area contributed by atoms with E-state index in [4.69, 9.17) is 11.6 Å². The Morgan fingerprint density at radius 3 is 2.20 bits per heavy atom. The van der Waals surface area contributed by atoms with Crippen LogP contribution in [0.25, 0.3) is 0 Å². The first-order chi connectivity index (χ1) is 9.69. The van der Waals surface area contributed by atoms with Crippen LogP contribution in [0.2, 0.25) is 0 Å². The van der Waals surface area contributed by atoms with Gasteiger partial charge in [0.2, 0.25) is 0 Å². The molecule has 0 saturated heterocycles. The second kappa shape index (κ2) is 7.75. The molecule has 0 nitrogen and oxygen atoms in total. The Kier molecular flexibility index (Phi) is 6.00. The van der Waals surface area contributed by atoms with Gasteiger partial charge < -0.3 is 0 Å². The van der Waals surface area contributed by atoms with Crippen LogP contribution in [0.1, 0.15) is 42.0 Å². The van der Waals surface area contributed by atoms with Crippen molar-refractivity contribution >= 4 is 23.4 Å². The molecule has 2 aromatic rings. The summed E-state index contributed by atoms with van der Waals surface area (Å²) in [4.78, 5) is 0. The molecule has 2 rings (SSSR count). The van der Waals surface area contributed by atoms with Gasteiger partial charge in [-0.25, -0.2) is 0 Å². The summed E-state index contributed by atoms with van der Waals surface area (Å²) >= 11 is 7.81. The lowest BCUT2D eigenvalue weighted by Crippen LogP contribution is -1.89. The number of halogens is 1. The SMILES string of the molecule is CC(C)c1ccc(CSCc2cccc(CCl)c2)cc1. The minimum atomic E-state index is 0.592. The smallest absolute Gasteiger partial charge is 0.0474 e. The van der Waals surface area contributed by atoms with E-state index in [0.29, 0.717) is 11.8 Å². The summed E-state index contributed by atoms with van der Waals surface area (Å²) in [5.74, 6) is 3.30. The Bertz CT molecular complexity index is 531. The van der Waals surface area contributed by atoms with Gasteiger partial charge in [-0.1, -0.05) is 62.4 Å². The van der Waals surface area contributed by atoms with Gasteiger partial charge in [-0.15, -0.1) is 11.6 Å². The fraction of sp³-hybridized carbons (Fsp3) is 0.333. The molecule has 0 bridgehead atoms. The molecule has 0 atom stereocenters. The van der Waals surface area contributed by atoms with Crippen LogP contribution in [-0.2, 0) is 17.4 Å². The van der Waals surface area contributed by atoms with Gasteiger partial charge in [0, 0.05) is 17.4 Å². The predicted octanol–water partition coefficient (Wildman–Crippen LogP) is 5.98. The highest BCUT2D eigenvalue weighted by molar-refractivity contribution is 7.97. The zero-order valence-corrected chi connectivity index (χ0v) is 13.7. The Morgan fingerprint density at radius 1 is 0.900 bits per heavy atom. The van der Waals surface area contributed by atoms with Gasteiger partial charge in [0.25, 0.3) is 0 Å². The van der Waals surface area contributed by atoms with E-state index in [1.165, 1.54) is 22.3 Å². The molecule has 0 unspecified atom stereocenters. The minimum absolute atomic E-state index is 0.592. The normalized spacial score (nSPS) is 11.0. The molecule has 0 fully saturated rings. The van der Waals surface area contributed by atoms with E-state index in [2.05, 4.69) is 62.4 Å². The second-order valence-corrected chi connectivity index (χ2v) is 6.60. The molecule has 0 aromatic heterocycles.